The van der Waals surface area contributed by atoms with Crippen LogP contribution in [0.1, 0.15) is 37.8 Å². The highest BCUT2D eigenvalue weighted by atomic mass is 14.9. The molecule has 98 valence electrons. The summed E-state index contributed by atoms with van der Waals surface area (Å²) < 4.78 is 0. The van der Waals surface area contributed by atoms with Crippen LogP contribution in [0.3, 0.4) is 0 Å². The summed E-state index contributed by atoms with van der Waals surface area (Å²) in [4.78, 5) is 0. The second-order valence-corrected chi connectivity index (χ2v) is 6.00. The van der Waals surface area contributed by atoms with Crippen molar-refractivity contribution in [3.8, 4) is 0 Å². The maximum Gasteiger partial charge on any atom is 0.0372 e. The molecule has 0 amide bonds. The lowest BCUT2D eigenvalue weighted by molar-refractivity contribution is 0.421. The van der Waals surface area contributed by atoms with E-state index >= 15 is 0 Å². The van der Waals surface area contributed by atoms with Crippen molar-refractivity contribution < 1.29 is 0 Å². The monoisotopic (exact) mass is 243 g/mol. The number of nitrogens with one attached hydrogen (secondary N) is 1. The van der Waals surface area contributed by atoms with Gasteiger partial charge in [0.25, 0.3) is 0 Å². The van der Waals surface area contributed by atoms with Crippen molar-refractivity contribution in [3.63, 3.8) is 0 Å². The number of aryl methyl sites for hydroxylation is 2. The van der Waals surface area contributed by atoms with Gasteiger partial charge >= 0.3 is 0 Å². The van der Waals surface area contributed by atoms with E-state index < -0.39 is 0 Å². The fourth-order valence-electron chi connectivity index (χ4n) is 3.02. The molecule has 1 aromatic rings. The molecule has 1 aliphatic carbocycles. The molecular formula is C17H25N. The summed E-state index contributed by atoms with van der Waals surface area (Å²) in [6, 6.07) is 6.63. The highest BCUT2D eigenvalue weighted by molar-refractivity contribution is 5.52. The molecule has 0 saturated carbocycles. The van der Waals surface area contributed by atoms with E-state index in [1.807, 2.05) is 0 Å². The van der Waals surface area contributed by atoms with Crippen molar-refractivity contribution in [2.45, 2.75) is 40.5 Å². The smallest absolute Gasteiger partial charge is 0.0372 e. The molecule has 2 rings (SSSR count). The van der Waals surface area contributed by atoms with Crippen LogP contribution in [0.15, 0.2) is 29.8 Å². The zero-order valence-corrected chi connectivity index (χ0v) is 12.1. The number of hydrogen-bond donors (Lipinski definition) is 1. The summed E-state index contributed by atoms with van der Waals surface area (Å²) in [7, 11) is 0. The predicted octanol–water partition coefficient (Wildman–Crippen LogP) is 4.71. The quantitative estimate of drug-likeness (QED) is 0.758. The lowest BCUT2D eigenvalue weighted by Gasteiger charge is -2.26. The van der Waals surface area contributed by atoms with Crippen molar-refractivity contribution in [1.82, 2.24) is 0 Å². The summed E-state index contributed by atoms with van der Waals surface area (Å²) in [6.45, 7) is 10.0. The van der Waals surface area contributed by atoms with Crippen LogP contribution in [0.2, 0.25) is 0 Å². The van der Waals surface area contributed by atoms with Crippen LogP contribution < -0.4 is 5.32 Å². The SMILES string of the molecule is CC1=CC(C)CC(CNc2cc(C)ccc2C)C1. The van der Waals surface area contributed by atoms with Gasteiger partial charge in [0.2, 0.25) is 0 Å². The van der Waals surface area contributed by atoms with Gasteiger partial charge in [-0.05, 0) is 62.6 Å². The zero-order chi connectivity index (χ0) is 13.1. The van der Waals surface area contributed by atoms with Gasteiger partial charge in [0, 0.05) is 12.2 Å². The summed E-state index contributed by atoms with van der Waals surface area (Å²) >= 11 is 0. The van der Waals surface area contributed by atoms with Gasteiger partial charge in [-0.15, -0.1) is 0 Å². The minimum atomic E-state index is 0.740. The van der Waals surface area contributed by atoms with Crippen molar-refractivity contribution in [3.05, 3.63) is 41.0 Å². The summed E-state index contributed by atoms with van der Waals surface area (Å²) in [5.41, 5.74) is 5.53. The van der Waals surface area contributed by atoms with Gasteiger partial charge in [-0.3, -0.25) is 0 Å². The molecule has 1 nitrogen and oxygen atoms in total. The molecule has 0 saturated heterocycles. The Kier molecular flexibility index (Phi) is 4.11. The number of anilines is 1. The van der Waals surface area contributed by atoms with E-state index in [0.29, 0.717) is 0 Å². The van der Waals surface area contributed by atoms with E-state index in [-0.39, 0.29) is 0 Å². The van der Waals surface area contributed by atoms with E-state index in [2.05, 4.69) is 57.3 Å². The van der Waals surface area contributed by atoms with E-state index in [0.717, 1.165) is 18.4 Å². The van der Waals surface area contributed by atoms with Gasteiger partial charge in [0.05, 0.1) is 0 Å². The Morgan fingerprint density at radius 2 is 2.00 bits per heavy atom. The molecule has 1 heteroatoms. The molecule has 1 aromatic carbocycles. The van der Waals surface area contributed by atoms with E-state index in [9.17, 15) is 0 Å². The van der Waals surface area contributed by atoms with Crippen LogP contribution in [-0.2, 0) is 0 Å². The molecule has 1 aliphatic rings. The van der Waals surface area contributed by atoms with Gasteiger partial charge in [0.1, 0.15) is 0 Å². The van der Waals surface area contributed by atoms with Crippen LogP contribution in [0.25, 0.3) is 0 Å². The van der Waals surface area contributed by atoms with E-state index in [1.54, 1.807) is 5.57 Å². The Hall–Kier alpha value is -1.24. The maximum absolute atomic E-state index is 3.64. The van der Waals surface area contributed by atoms with Crippen molar-refractivity contribution in [1.29, 1.82) is 0 Å². The van der Waals surface area contributed by atoms with E-state index in [4.69, 9.17) is 0 Å². The van der Waals surface area contributed by atoms with Gasteiger partial charge in [-0.25, -0.2) is 0 Å². The average Bonchev–Trinajstić information content (AvgIpc) is 2.29. The molecule has 0 radical (unpaired) electrons. The Morgan fingerprint density at radius 3 is 2.72 bits per heavy atom. The topological polar surface area (TPSA) is 12.0 Å². The fraction of sp³-hybridized carbons (Fsp3) is 0.529. The van der Waals surface area contributed by atoms with E-state index in [1.165, 1.54) is 29.7 Å². The van der Waals surface area contributed by atoms with Gasteiger partial charge in [0.15, 0.2) is 0 Å². The molecule has 0 heterocycles. The number of hydrogen-bond acceptors (Lipinski definition) is 1. The molecule has 2 atom stereocenters. The summed E-state index contributed by atoms with van der Waals surface area (Å²) in [6.07, 6.45) is 4.99. The van der Waals surface area contributed by atoms with Crippen molar-refractivity contribution in [2.75, 3.05) is 11.9 Å². The predicted molar refractivity (Wildman–Crippen MR) is 80.1 cm³/mol. The Labute approximate surface area is 111 Å². The largest absolute Gasteiger partial charge is 0.385 e. The lowest BCUT2D eigenvalue weighted by Crippen LogP contribution is -2.20. The first-order valence-electron chi connectivity index (χ1n) is 7.03. The van der Waals surface area contributed by atoms with Gasteiger partial charge < -0.3 is 5.32 Å². The third-order valence-corrected chi connectivity index (χ3v) is 3.86. The Bertz CT molecular complexity index is 445. The Morgan fingerprint density at radius 1 is 1.22 bits per heavy atom. The molecule has 18 heavy (non-hydrogen) atoms. The number of allylic oxidation sites excluding steroid dienone is 2. The number of rotatable bonds is 3. The van der Waals surface area contributed by atoms with Crippen LogP contribution in [0.4, 0.5) is 5.69 Å². The second kappa shape index (κ2) is 5.60. The van der Waals surface area contributed by atoms with Gasteiger partial charge in [-0.2, -0.15) is 0 Å². The summed E-state index contributed by atoms with van der Waals surface area (Å²) in [5.74, 6) is 1.52. The summed E-state index contributed by atoms with van der Waals surface area (Å²) in [5, 5.41) is 3.64. The molecule has 0 aliphatic heterocycles. The maximum atomic E-state index is 3.64. The van der Waals surface area contributed by atoms with Crippen LogP contribution in [0.5, 0.6) is 0 Å². The number of benzene rings is 1. The molecule has 1 N–H and O–H groups in total. The van der Waals surface area contributed by atoms with Crippen molar-refractivity contribution >= 4 is 5.69 Å². The second-order valence-electron chi connectivity index (χ2n) is 6.00. The highest BCUT2D eigenvalue weighted by Gasteiger charge is 2.17. The van der Waals surface area contributed by atoms with Gasteiger partial charge in [-0.1, -0.05) is 30.7 Å². The minimum absolute atomic E-state index is 0.740. The lowest BCUT2D eigenvalue weighted by atomic mass is 9.83. The van der Waals surface area contributed by atoms with Crippen molar-refractivity contribution in [2.24, 2.45) is 11.8 Å². The normalized spacial score (nSPS) is 23.7. The third-order valence-electron chi connectivity index (χ3n) is 3.86. The first-order chi connectivity index (χ1) is 8.54. The molecular weight excluding hydrogens is 218 g/mol. The molecule has 2 unspecified atom stereocenters. The first-order valence-corrected chi connectivity index (χ1v) is 7.03. The average molecular weight is 243 g/mol. The molecule has 0 bridgehead atoms. The van der Waals surface area contributed by atoms with Crippen LogP contribution in [-0.4, -0.2) is 6.54 Å². The molecule has 0 fully saturated rings. The standard InChI is InChI=1S/C17H25N/c1-12-5-6-15(4)17(10-12)18-11-16-8-13(2)7-14(3)9-16/h5-7,10,13,16,18H,8-9,11H2,1-4H3. The first kappa shape index (κ1) is 13.2. The minimum Gasteiger partial charge on any atom is -0.385 e. The zero-order valence-electron chi connectivity index (χ0n) is 12.1. The molecule has 0 aromatic heterocycles. The van der Waals surface area contributed by atoms with Crippen LogP contribution >= 0.6 is 0 Å². The fourth-order valence-corrected chi connectivity index (χ4v) is 3.02. The highest BCUT2D eigenvalue weighted by Crippen LogP contribution is 2.28. The third kappa shape index (κ3) is 3.38. The Balaban J connectivity index is 1.96. The molecule has 0 spiro atoms. The van der Waals surface area contributed by atoms with Crippen LogP contribution in [0, 0.1) is 25.7 Å².